The van der Waals surface area contributed by atoms with E-state index in [0.717, 1.165) is 18.4 Å². The Morgan fingerprint density at radius 1 is 1.24 bits per heavy atom. The van der Waals surface area contributed by atoms with Gasteiger partial charge in [0.2, 0.25) is 0 Å². The number of benzene rings is 1. The van der Waals surface area contributed by atoms with Gasteiger partial charge in [-0.3, -0.25) is 18.4 Å². The number of carbonyl (C=O) groups is 1. The number of hydrogen-bond acceptors (Lipinski definition) is 5. The second-order valence-corrected chi connectivity index (χ2v) is 8.71. The van der Waals surface area contributed by atoms with E-state index in [1.807, 2.05) is 0 Å². The van der Waals surface area contributed by atoms with Crippen molar-refractivity contribution < 1.29 is 14.3 Å². The number of carbonyl (C=O) groups excluding carboxylic acids is 1. The Bertz CT molecular complexity index is 1420. The summed E-state index contributed by atoms with van der Waals surface area (Å²) < 4.78 is 19.2. The van der Waals surface area contributed by atoms with Crippen LogP contribution in [0.3, 0.4) is 0 Å². The van der Waals surface area contributed by atoms with Crippen LogP contribution in [0, 0.1) is 5.82 Å². The van der Waals surface area contributed by atoms with E-state index in [4.69, 9.17) is 0 Å². The van der Waals surface area contributed by atoms with E-state index in [1.165, 1.54) is 33.6 Å². The molecule has 1 amide bonds. The molecule has 10 heteroatoms. The molecule has 0 saturated heterocycles. The topological polar surface area (TPSA) is 106 Å². The predicted octanol–water partition coefficient (Wildman–Crippen LogP) is 2.12. The van der Waals surface area contributed by atoms with Crippen molar-refractivity contribution in [3.05, 3.63) is 76.6 Å². The van der Waals surface area contributed by atoms with Crippen LogP contribution in [0.5, 0.6) is 0 Å². The summed E-state index contributed by atoms with van der Waals surface area (Å²) in [6.07, 6.45) is 10.3. The number of imidazole rings is 1. The Morgan fingerprint density at radius 2 is 2.06 bits per heavy atom. The zero-order chi connectivity index (χ0) is 23.8. The molecular formula is C24H25FN6O3. The van der Waals surface area contributed by atoms with Gasteiger partial charge in [0.1, 0.15) is 5.82 Å². The number of amides is 1. The maximum atomic E-state index is 15.0. The Labute approximate surface area is 194 Å². The lowest BCUT2D eigenvalue weighted by molar-refractivity contribution is 0.0717. The highest BCUT2D eigenvalue weighted by molar-refractivity contribution is 5.99. The molecule has 4 aromatic rings. The molecule has 1 saturated carbocycles. The quantitative estimate of drug-likeness (QED) is 0.471. The van der Waals surface area contributed by atoms with Gasteiger partial charge in [-0.15, -0.1) is 0 Å². The first-order valence-electron chi connectivity index (χ1n) is 11.2. The second kappa shape index (κ2) is 8.86. The summed E-state index contributed by atoms with van der Waals surface area (Å²) in [5, 5.41) is 17.2. The van der Waals surface area contributed by atoms with E-state index in [-0.39, 0.29) is 23.8 Å². The number of aromatic nitrogens is 5. The standard InChI is InChI=1S/C24H25FN6O3/c1-29-12-17(11-27-29)15-6-7-16(19(25)10-15)13-30-14-18(22-26-8-9-31(22)24(30)34)23(33)28-20-4-2-3-5-21(20)32/h6-12,14,20-21,32H,2-5,13H2,1H3,(H,28,33)/t20-,21-/m0/s1. The molecule has 2 atom stereocenters. The third kappa shape index (κ3) is 4.12. The van der Waals surface area contributed by atoms with Gasteiger partial charge < -0.3 is 10.4 Å². The van der Waals surface area contributed by atoms with Gasteiger partial charge in [0.15, 0.2) is 5.65 Å². The maximum Gasteiger partial charge on any atom is 0.334 e. The fourth-order valence-electron chi connectivity index (χ4n) is 4.47. The van der Waals surface area contributed by atoms with Gasteiger partial charge in [-0.05, 0) is 24.5 Å². The number of aliphatic hydroxyl groups is 1. The van der Waals surface area contributed by atoms with Crippen LogP contribution >= 0.6 is 0 Å². The molecule has 1 aromatic carbocycles. The molecule has 1 aliphatic rings. The molecule has 176 valence electrons. The first kappa shape index (κ1) is 22.0. The molecule has 0 aliphatic heterocycles. The van der Waals surface area contributed by atoms with E-state index < -0.39 is 23.5 Å². The smallest absolute Gasteiger partial charge is 0.334 e. The van der Waals surface area contributed by atoms with Crippen molar-refractivity contribution in [3.63, 3.8) is 0 Å². The SMILES string of the molecule is Cn1cc(-c2ccc(Cn3cc(C(=O)N[C@H]4CCCC[C@@H]4O)c4nccn4c3=O)c(F)c2)cn1. The Morgan fingerprint density at radius 3 is 2.79 bits per heavy atom. The zero-order valence-corrected chi connectivity index (χ0v) is 18.7. The molecule has 2 N–H and O–H groups in total. The summed E-state index contributed by atoms with van der Waals surface area (Å²) in [5.74, 6) is -0.890. The highest BCUT2D eigenvalue weighted by Gasteiger charge is 2.26. The number of nitrogens with one attached hydrogen (secondary N) is 1. The highest BCUT2D eigenvalue weighted by atomic mass is 19.1. The van der Waals surface area contributed by atoms with Crippen LogP contribution in [0.25, 0.3) is 16.8 Å². The van der Waals surface area contributed by atoms with E-state index in [2.05, 4.69) is 15.4 Å². The Hall–Kier alpha value is -3.79. The molecule has 34 heavy (non-hydrogen) atoms. The Balaban J connectivity index is 1.46. The highest BCUT2D eigenvalue weighted by Crippen LogP contribution is 2.22. The molecule has 3 heterocycles. The molecule has 3 aromatic heterocycles. The van der Waals surface area contributed by atoms with Crippen LogP contribution in [0.15, 0.2) is 54.0 Å². The molecule has 1 aliphatic carbocycles. The minimum Gasteiger partial charge on any atom is -0.391 e. The van der Waals surface area contributed by atoms with Crippen molar-refractivity contribution in [2.24, 2.45) is 7.05 Å². The largest absolute Gasteiger partial charge is 0.391 e. The lowest BCUT2D eigenvalue weighted by Gasteiger charge is -2.28. The first-order chi connectivity index (χ1) is 16.4. The molecule has 0 unspecified atom stereocenters. The van der Waals surface area contributed by atoms with Gasteiger partial charge in [-0.1, -0.05) is 25.0 Å². The number of aliphatic hydroxyl groups excluding tert-OH is 1. The van der Waals surface area contributed by atoms with Crippen LogP contribution in [0.2, 0.25) is 0 Å². The maximum absolute atomic E-state index is 15.0. The molecule has 5 rings (SSSR count). The van der Waals surface area contributed by atoms with E-state index >= 15 is 0 Å². The van der Waals surface area contributed by atoms with Crippen LogP contribution in [0.4, 0.5) is 4.39 Å². The molecule has 0 spiro atoms. The minimum absolute atomic E-state index is 0.0571. The van der Waals surface area contributed by atoms with Gasteiger partial charge in [0.25, 0.3) is 5.91 Å². The third-order valence-electron chi connectivity index (χ3n) is 6.34. The summed E-state index contributed by atoms with van der Waals surface area (Å²) in [4.78, 5) is 30.2. The van der Waals surface area contributed by atoms with E-state index in [0.29, 0.717) is 24.0 Å². The number of rotatable bonds is 5. The van der Waals surface area contributed by atoms with Gasteiger partial charge in [-0.25, -0.2) is 14.2 Å². The average Bonchev–Trinajstić information content (AvgIpc) is 3.48. The monoisotopic (exact) mass is 464 g/mol. The summed E-state index contributed by atoms with van der Waals surface area (Å²) in [6.45, 7) is -0.0571. The van der Waals surface area contributed by atoms with Crippen molar-refractivity contribution in [3.8, 4) is 11.1 Å². The van der Waals surface area contributed by atoms with Crippen LogP contribution in [-0.2, 0) is 13.6 Å². The zero-order valence-electron chi connectivity index (χ0n) is 18.7. The van der Waals surface area contributed by atoms with Crippen LogP contribution < -0.4 is 11.0 Å². The van der Waals surface area contributed by atoms with Crippen molar-refractivity contribution in [1.82, 2.24) is 29.0 Å². The summed E-state index contributed by atoms with van der Waals surface area (Å²) in [6, 6.07) is 4.45. The predicted molar refractivity (Wildman–Crippen MR) is 123 cm³/mol. The van der Waals surface area contributed by atoms with Crippen molar-refractivity contribution in [2.75, 3.05) is 0 Å². The summed E-state index contributed by atoms with van der Waals surface area (Å²) in [5.41, 5.74) is 1.75. The van der Waals surface area contributed by atoms with Gasteiger partial charge in [-0.2, -0.15) is 5.10 Å². The normalized spacial score (nSPS) is 18.3. The van der Waals surface area contributed by atoms with Crippen molar-refractivity contribution in [1.29, 1.82) is 0 Å². The molecular weight excluding hydrogens is 439 g/mol. The summed E-state index contributed by atoms with van der Waals surface area (Å²) >= 11 is 0. The van der Waals surface area contributed by atoms with Gasteiger partial charge in [0, 0.05) is 43.0 Å². The van der Waals surface area contributed by atoms with E-state index in [9.17, 15) is 19.1 Å². The first-order valence-corrected chi connectivity index (χ1v) is 11.2. The van der Waals surface area contributed by atoms with Gasteiger partial charge >= 0.3 is 5.69 Å². The third-order valence-corrected chi connectivity index (χ3v) is 6.34. The molecule has 1 fully saturated rings. The molecule has 0 radical (unpaired) electrons. The van der Waals surface area contributed by atoms with Crippen molar-refractivity contribution >= 4 is 11.6 Å². The number of nitrogens with zero attached hydrogens (tertiary/aromatic N) is 5. The number of hydrogen-bond donors (Lipinski definition) is 2. The lowest BCUT2D eigenvalue weighted by Crippen LogP contribution is -2.45. The molecule has 0 bridgehead atoms. The van der Waals surface area contributed by atoms with Crippen LogP contribution in [0.1, 0.15) is 41.6 Å². The number of fused-ring (bicyclic) bond motifs is 1. The van der Waals surface area contributed by atoms with Crippen molar-refractivity contribution in [2.45, 2.75) is 44.4 Å². The average molecular weight is 465 g/mol. The molecule has 9 nitrogen and oxygen atoms in total. The number of halogens is 1. The fraction of sp³-hybridized carbons (Fsp3) is 0.333. The minimum atomic E-state index is -0.605. The van der Waals surface area contributed by atoms with Gasteiger partial charge in [0.05, 0.1) is 30.5 Å². The Kier molecular flexibility index (Phi) is 5.74. The van der Waals surface area contributed by atoms with E-state index in [1.54, 1.807) is 36.3 Å². The lowest BCUT2D eigenvalue weighted by atomic mass is 9.92. The fourth-order valence-corrected chi connectivity index (χ4v) is 4.47. The number of aryl methyl sites for hydroxylation is 1. The summed E-state index contributed by atoms with van der Waals surface area (Å²) in [7, 11) is 1.79. The van der Waals surface area contributed by atoms with Crippen LogP contribution in [-0.4, -0.2) is 46.9 Å². The second-order valence-electron chi connectivity index (χ2n) is 8.71.